The van der Waals surface area contributed by atoms with Crippen molar-refractivity contribution in [2.45, 2.75) is 30.7 Å². The lowest BCUT2D eigenvalue weighted by molar-refractivity contribution is 0.0929. The van der Waals surface area contributed by atoms with Gasteiger partial charge in [0.15, 0.2) is 9.84 Å². The highest BCUT2D eigenvalue weighted by molar-refractivity contribution is 7.91. The summed E-state index contributed by atoms with van der Waals surface area (Å²) in [5.74, 6) is -0.0782. The van der Waals surface area contributed by atoms with Crippen molar-refractivity contribution in [1.29, 1.82) is 0 Å². The van der Waals surface area contributed by atoms with E-state index in [1.165, 1.54) is 12.1 Å². The molecule has 1 aliphatic rings. The van der Waals surface area contributed by atoms with Gasteiger partial charge in [-0.15, -0.1) is 0 Å². The average molecular weight is 296 g/mol. The number of rotatable bonds is 4. The van der Waals surface area contributed by atoms with Gasteiger partial charge in [-0.2, -0.15) is 0 Å². The van der Waals surface area contributed by atoms with E-state index in [1.807, 2.05) is 0 Å². The van der Waals surface area contributed by atoms with Crippen molar-refractivity contribution in [2.24, 2.45) is 0 Å². The molecule has 1 amide bonds. The monoisotopic (exact) mass is 296 g/mol. The van der Waals surface area contributed by atoms with E-state index in [0.29, 0.717) is 5.56 Å². The Hall–Kier alpha value is -1.40. The summed E-state index contributed by atoms with van der Waals surface area (Å²) >= 11 is 0. The lowest BCUT2D eigenvalue weighted by Gasteiger charge is -2.23. The molecule has 0 atom stereocenters. The number of benzene rings is 1. The van der Waals surface area contributed by atoms with Crippen LogP contribution in [0, 0.1) is 0 Å². The quantitative estimate of drug-likeness (QED) is 0.868. The number of piperidine rings is 1. The molecule has 1 aliphatic heterocycles. The van der Waals surface area contributed by atoms with Gasteiger partial charge in [0.1, 0.15) is 0 Å². The minimum atomic E-state index is -3.21. The third kappa shape index (κ3) is 3.58. The minimum absolute atomic E-state index is 0.0631. The van der Waals surface area contributed by atoms with Crippen LogP contribution in [0.4, 0.5) is 0 Å². The molecular formula is C14H20N2O3S. The fourth-order valence-electron chi connectivity index (χ4n) is 2.22. The first-order valence-corrected chi connectivity index (χ1v) is 8.52. The van der Waals surface area contributed by atoms with Crippen LogP contribution in [0.2, 0.25) is 0 Å². The van der Waals surface area contributed by atoms with Crippen molar-refractivity contribution in [2.75, 3.05) is 18.8 Å². The molecule has 0 bridgehead atoms. The highest BCUT2D eigenvalue weighted by atomic mass is 32.2. The standard InChI is InChI=1S/C14H20N2O3S/c1-2-20(18,19)13-5-3-11(4-6-13)14(17)16-12-7-9-15-10-8-12/h3-6,12,15H,2,7-10H2,1H3,(H,16,17). The molecule has 0 radical (unpaired) electrons. The van der Waals surface area contributed by atoms with Gasteiger partial charge in [-0.3, -0.25) is 4.79 Å². The first-order chi connectivity index (χ1) is 9.53. The normalized spacial score (nSPS) is 16.9. The maximum Gasteiger partial charge on any atom is 0.251 e. The Balaban J connectivity index is 2.04. The van der Waals surface area contributed by atoms with Crippen LogP contribution in [-0.4, -0.2) is 39.2 Å². The molecule has 2 N–H and O–H groups in total. The third-order valence-electron chi connectivity index (χ3n) is 3.53. The van der Waals surface area contributed by atoms with E-state index in [0.717, 1.165) is 25.9 Å². The lowest BCUT2D eigenvalue weighted by atomic mass is 10.1. The number of hydrogen-bond acceptors (Lipinski definition) is 4. The van der Waals surface area contributed by atoms with Crippen LogP contribution in [0.5, 0.6) is 0 Å². The molecule has 1 fully saturated rings. The highest BCUT2D eigenvalue weighted by Gasteiger charge is 2.17. The van der Waals surface area contributed by atoms with Crippen molar-refractivity contribution >= 4 is 15.7 Å². The van der Waals surface area contributed by atoms with Crippen LogP contribution in [0.25, 0.3) is 0 Å². The fraction of sp³-hybridized carbons (Fsp3) is 0.500. The molecule has 110 valence electrons. The van der Waals surface area contributed by atoms with Crippen LogP contribution in [0.15, 0.2) is 29.2 Å². The lowest BCUT2D eigenvalue weighted by Crippen LogP contribution is -2.42. The minimum Gasteiger partial charge on any atom is -0.349 e. The van der Waals surface area contributed by atoms with Gasteiger partial charge in [-0.25, -0.2) is 8.42 Å². The fourth-order valence-corrected chi connectivity index (χ4v) is 3.10. The predicted octanol–water partition coefficient (Wildman–Crippen LogP) is 0.962. The van der Waals surface area contributed by atoms with Crippen molar-refractivity contribution in [3.8, 4) is 0 Å². The topological polar surface area (TPSA) is 75.3 Å². The molecule has 20 heavy (non-hydrogen) atoms. The van der Waals surface area contributed by atoms with E-state index in [4.69, 9.17) is 0 Å². The molecule has 2 rings (SSSR count). The molecule has 1 aromatic rings. The highest BCUT2D eigenvalue weighted by Crippen LogP contribution is 2.13. The van der Waals surface area contributed by atoms with E-state index < -0.39 is 9.84 Å². The summed E-state index contributed by atoms with van der Waals surface area (Å²) in [5.41, 5.74) is 0.499. The van der Waals surface area contributed by atoms with Crippen LogP contribution in [-0.2, 0) is 9.84 Å². The summed E-state index contributed by atoms with van der Waals surface area (Å²) in [6.45, 7) is 3.43. The zero-order valence-corrected chi connectivity index (χ0v) is 12.4. The van der Waals surface area contributed by atoms with Crippen molar-refractivity contribution < 1.29 is 13.2 Å². The van der Waals surface area contributed by atoms with E-state index in [-0.39, 0.29) is 22.6 Å². The zero-order chi connectivity index (χ0) is 14.6. The predicted molar refractivity (Wildman–Crippen MR) is 77.5 cm³/mol. The Labute approximate surface area is 119 Å². The molecular weight excluding hydrogens is 276 g/mol. The van der Waals surface area contributed by atoms with Gasteiger partial charge in [0.25, 0.3) is 5.91 Å². The SMILES string of the molecule is CCS(=O)(=O)c1ccc(C(=O)NC2CCNCC2)cc1. The van der Waals surface area contributed by atoms with Gasteiger partial charge in [-0.05, 0) is 50.2 Å². The number of carbonyl (C=O) groups is 1. The number of carbonyl (C=O) groups excluding carboxylic acids is 1. The molecule has 0 spiro atoms. The summed E-state index contributed by atoms with van der Waals surface area (Å²) < 4.78 is 23.4. The van der Waals surface area contributed by atoms with Crippen molar-refractivity contribution in [3.05, 3.63) is 29.8 Å². The summed E-state index contributed by atoms with van der Waals surface area (Å²) in [5, 5.41) is 6.22. The second-order valence-electron chi connectivity index (χ2n) is 4.93. The molecule has 0 saturated carbocycles. The average Bonchev–Trinajstić information content (AvgIpc) is 2.48. The summed E-state index contributed by atoms with van der Waals surface area (Å²) in [4.78, 5) is 12.3. The molecule has 6 heteroatoms. The Kier molecular flexibility index (Phi) is 4.77. The van der Waals surface area contributed by atoms with Crippen molar-refractivity contribution in [1.82, 2.24) is 10.6 Å². The number of sulfone groups is 1. The van der Waals surface area contributed by atoms with Crippen LogP contribution >= 0.6 is 0 Å². The van der Waals surface area contributed by atoms with Crippen LogP contribution in [0.1, 0.15) is 30.1 Å². The first kappa shape index (κ1) is 15.0. The maximum atomic E-state index is 12.1. The van der Waals surface area contributed by atoms with E-state index >= 15 is 0 Å². The van der Waals surface area contributed by atoms with E-state index in [1.54, 1.807) is 19.1 Å². The number of amides is 1. The Morgan fingerprint density at radius 1 is 1.25 bits per heavy atom. The third-order valence-corrected chi connectivity index (χ3v) is 5.28. The Morgan fingerprint density at radius 2 is 1.85 bits per heavy atom. The molecule has 0 unspecified atom stereocenters. The molecule has 1 aromatic carbocycles. The van der Waals surface area contributed by atoms with Gasteiger partial charge in [0, 0.05) is 11.6 Å². The second-order valence-corrected chi connectivity index (χ2v) is 7.20. The summed E-state index contributed by atoms with van der Waals surface area (Å²) in [7, 11) is -3.21. The second kappa shape index (κ2) is 6.37. The van der Waals surface area contributed by atoms with Crippen molar-refractivity contribution in [3.63, 3.8) is 0 Å². The first-order valence-electron chi connectivity index (χ1n) is 6.87. The number of nitrogens with one attached hydrogen (secondary N) is 2. The Bertz CT molecular complexity index is 561. The maximum absolute atomic E-state index is 12.1. The van der Waals surface area contributed by atoms with Crippen LogP contribution in [0.3, 0.4) is 0 Å². The molecule has 1 heterocycles. The molecule has 5 nitrogen and oxygen atoms in total. The van der Waals surface area contributed by atoms with Crippen LogP contribution < -0.4 is 10.6 Å². The molecule has 0 aliphatic carbocycles. The number of hydrogen-bond donors (Lipinski definition) is 2. The smallest absolute Gasteiger partial charge is 0.251 e. The summed E-state index contributed by atoms with van der Waals surface area (Å²) in [6.07, 6.45) is 1.85. The zero-order valence-electron chi connectivity index (χ0n) is 11.6. The van der Waals surface area contributed by atoms with E-state index in [2.05, 4.69) is 10.6 Å². The molecule has 0 aromatic heterocycles. The van der Waals surface area contributed by atoms with Gasteiger partial charge in [0.05, 0.1) is 10.6 Å². The van der Waals surface area contributed by atoms with Gasteiger partial charge >= 0.3 is 0 Å². The van der Waals surface area contributed by atoms with E-state index in [9.17, 15) is 13.2 Å². The largest absolute Gasteiger partial charge is 0.349 e. The van der Waals surface area contributed by atoms with Gasteiger partial charge in [-0.1, -0.05) is 6.92 Å². The van der Waals surface area contributed by atoms with Gasteiger partial charge in [0.2, 0.25) is 0 Å². The molecule has 1 saturated heterocycles. The summed E-state index contributed by atoms with van der Waals surface area (Å²) in [6, 6.07) is 6.33. The van der Waals surface area contributed by atoms with Gasteiger partial charge < -0.3 is 10.6 Å². The Morgan fingerprint density at radius 3 is 2.40 bits per heavy atom.